The van der Waals surface area contributed by atoms with E-state index >= 15 is 0 Å². The van der Waals surface area contributed by atoms with Crippen molar-refractivity contribution in [3.63, 3.8) is 0 Å². The number of benzene rings is 1. The van der Waals surface area contributed by atoms with Crippen molar-refractivity contribution in [2.45, 2.75) is 44.9 Å². The lowest BCUT2D eigenvalue weighted by molar-refractivity contribution is -0.135. The number of hydrogen-bond donors (Lipinski definition) is 1. The molecule has 4 nitrogen and oxygen atoms in total. The predicted octanol–water partition coefficient (Wildman–Crippen LogP) is 1.99. The lowest BCUT2D eigenvalue weighted by Gasteiger charge is -2.35. The molecule has 1 amide bonds. The Morgan fingerprint density at radius 3 is 2.95 bits per heavy atom. The number of nitrogens with zero attached hydrogens (tertiary/aromatic N) is 1. The van der Waals surface area contributed by atoms with Crippen molar-refractivity contribution in [2.75, 3.05) is 13.2 Å². The molecule has 0 bridgehead atoms. The fraction of sp³-hybridized carbons (Fsp3) is 0.562. The van der Waals surface area contributed by atoms with E-state index in [4.69, 9.17) is 4.74 Å². The van der Waals surface area contributed by atoms with Crippen LogP contribution in [0.5, 0.6) is 0 Å². The molecule has 0 radical (unpaired) electrons. The number of amides is 1. The number of rotatable bonds is 2. The van der Waals surface area contributed by atoms with Crippen LogP contribution >= 0.6 is 0 Å². The van der Waals surface area contributed by atoms with Crippen LogP contribution in [0.15, 0.2) is 24.3 Å². The van der Waals surface area contributed by atoms with Crippen molar-refractivity contribution in [3.8, 4) is 0 Å². The summed E-state index contributed by atoms with van der Waals surface area (Å²) in [5, 5.41) is 3.42. The van der Waals surface area contributed by atoms with Crippen LogP contribution in [0.25, 0.3) is 0 Å². The maximum atomic E-state index is 12.5. The minimum absolute atomic E-state index is 0.0240. The SMILES string of the molecule is Cc1cccc(C2NC(C)C(=O)N2C2CCCOC2)c1. The minimum Gasteiger partial charge on any atom is -0.379 e. The third-order valence-corrected chi connectivity index (χ3v) is 4.20. The van der Waals surface area contributed by atoms with Gasteiger partial charge in [-0.2, -0.15) is 0 Å². The molecule has 0 aliphatic carbocycles. The molecule has 3 rings (SSSR count). The number of carbonyl (C=O) groups excluding carboxylic acids is 1. The molecule has 1 N–H and O–H groups in total. The van der Waals surface area contributed by atoms with Crippen molar-refractivity contribution in [2.24, 2.45) is 0 Å². The van der Waals surface area contributed by atoms with Gasteiger partial charge in [-0.1, -0.05) is 29.8 Å². The average molecular weight is 274 g/mol. The summed E-state index contributed by atoms with van der Waals surface area (Å²) in [5.41, 5.74) is 2.38. The average Bonchev–Trinajstić information content (AvgIpc) is 2.76. The third-order valence-electron chi connectivity index (χ3n) is 4.20. The molecule has 0 aromatic heterocycles. The van der Waals surface area contributed by atoms with E-state index in [2.05, 4.69) is 36.5 Å². The summed E-state index contributed by atoms with van der Waals surface area (Å²) in [6, 6.07) is 8.45. The van der Waals surface area contributed by atoms with Crippen LogP contribution in [0.4, 0.5) is 0 Å². The molecular weight excluding hydrogens is 252 g/mol. The van der Waals surface area contributed by atoms with Crippen molar-refractivity contribution in [3.05, 3.63) is 35.4 Å². The van der Waals surface area contributed by atoms with Crippen LogP contribution in [-0.4, -0.2) is 36.1 Å². The van der Waals surface area contributed by atoms with Crippen LogP contribution in [0.1, 0.15) is 37.1 Å². The van der Waals surface area contributed by atoms with E-state index in [0.717, 1.165) is 25.0 Å². The highest BCUT2D eigenvalue weighted by molar-refractivity contribution is 5.84. The second kappa shape index (κ2) is 5.54. The number of hydrogen-bond acceptors (Lipinski definition) is 3. The Hall–Kier alpha value is -1.39. The highest BCUT2D eigenvalue weighted by Crippen LogP contribution is 2.30. The largest absolute Gasteiger partial charge is 0.379 e. The Labute approximate surface area is 120 Å². The molecule has 3 atom stereocenters. The summed E-state index contributed by atoms with van der Waals surface area (Å²) in [6.07, 6.45) is 2.04. The van der Waals surface area contributed by atoms with E-state index in [-0.39, 0.29) is 24.2 Å². The zero-order valence-corrected chi connectivity index (χ0v) is 12.1. The van der Waals surface area contributed by atoms with Gasteiger partial charge in [0.15, 0.2) is 0 Å². The first-order chi connectivity index (χ1) is 9.66. The van der Waals surface area contributed by atoms with E-state index in [1.807, 2.05) is 11.8 Å². The molecule has 0 saturated carbocycles. The number of ether oxygens (including phenoxy) is 1. The van der Waals surface area contributed by atoms with Crippen molar-refractivity contribution >= 4 is 5.91 Å². The lowest BCUT2D eigenvalue weighted by Crippen LogP contribution is -2.44. The second-order valence-electron chi connectivity index (χ2n) is 5.82. The highest BCUT2D eigenvalue weighted by atomic mass is 16.5. The molecule has 2 aliphatic rings. The summed E-state index contributed by atoms with van der Waals surface area (Å²) in [7, 11) is 0. The minimum atomic E-state index is -0.123. The molecule has 4 heteroatoms. The van der Waals surface area contributed by atoms with Gasteiger partial charge in [0.1, 0.15) is 6.17 Å². The van der Waals surface area contributed by atoms with Crippen molar-refractivity contribution in [1.82, 2.24) is 10.2 Å². The van der Waals surface area contributed by atoms with Crippen LogP contribution < -0.4 is 5.32 Å². The first kappa shape index (κ1) is 13.6. The topological polar surface area (TPSA) is 41.6 Å². The monoisotopic (exact) mass is 274 g/mol. The maximum Gasteiger partial charge on any atom is 0.241 e. The van der Waals surface area contributed by atoms with Crippen molar-refractivity contribution in [1.29, 1.82) is 0 Å². The molecule has 2 aliphatic heterocycles. The third kappa shape index (κ3) is 2.45. The van der Waals surface area contributed by atoms with Gasteiger partial charge < -0.3 is 9.64 Å². The highest BCUT2D eigenvalue weighted by Gasteiger charge is 2.41. The number of nitrogens with one attached hydrogen (secondary N) is 1. The molecule has 108 valence electrons. The van der Waals surface area contributed by atoms with Gasteiger partial charge in [-0.15, -0.1) is 0 Å². The first-order valence-corrected chi connectivity index (χ1v) is 7.39. The Morgan fingerprint density at radius 2 is 2.25 bits per heavy atom. The Bertz CT molecular complexity index is 497. The summed E-state index contributed by atoms with van der Waals surface area (Å²) >= 11 is 0. The fourth-order valence-corrected chi connectivity index (χ4v) is 3.17. The van der Waals surface area contributed by atoms with E-state index in [0.29, 0.717) is 6.61 Å². The van der Waals surface area contributed by atoms with Gasteiger partial charge in [-0.25, -0.2) is 0 Å². The predicted molar refractivity (Wildman–Crippen MR) is 77.2 cm³/mol. The van der Waals surface area contributed by atoms with Gasteiger partial charge in [-0.3, -0.25) is 10.1 Å². The second-order valence-corrected chi connectivity index (χ2v) is 5.82. The first-order valence-electron chi connectivity index (χ1n) is 7.39. The van der Waals surface area contributed by atoms with Crippen LogP contribution in [-0.2, 0) is 9.53 Å². The molecule has 2 saturated heterocycles. The molecule has 2 heterocycles. The maximum absolute atomic E-state index is 12.5. The van der Waals surface area contributed by atoms with Gasteiger partial charge in [0.25, 0.3) is 0 Å². The standard InChI is InChI=1S/C16H22N2O2/c1-11-5-3-6-13(9-11)15-17-12(2)16(19)18(15)14-7-4-8-20-10-14/h3,5-6,9,12,14-15,17H,4,7-8,10H2,1-2H3. The van der Waals surface area contributed by atoms with E-state index in [1.165, 1.54) is 5.56 Å². The molecule has 1 aromatic carbocycles. The zero-order chi connectivity index (χ0) is 14.1. The molecule has 2 fully saturated rings. The number of aryl methyl sites for hydroxylation is 1. The Balaban J connectivity index is 1.89. The van der Waals surface area contributed by atoms with Crippen LogP contribution in [0.3, 0.4) is 0 Å². The van der Waals surface area contributed by atoms with Crippen LogP contribution in [0, 0.1) is 6.92 Å². The normalized spacial score (nSPS) is 30.8. The molecule has 1 aromatic rings. The van der Waals surface area contributed by atoms with Crippen molar-refractivity contribution < 1.29 is 9.53 Å². The van der Waals surface area contributed by atoms with Gasteiger partial charge in [0, 0.05) is 6.61 Å². The Morgan fingerprint density at radius 1 is 1.40 bits per heavy atom. The number of carbonyl (C=O) groups is 1. The smallest absolute Gasteiger partial charge is 0.241 e. The molecule has 0 spiro atoms. The van der Waals surface area contributed by atoms with Gasteiger partial charge in [0.2, 0.25) is 5.91 Å². The quantitative estimate of drug-likeness (QED) is 0.897. The lowest BCUT2D eigenvalue weighted by atomic mass is 10.0. The van der Waals surface area contributed by atoms with E-state index in [9.17, 15) is 4.79 Å². The van der Waals surface area contributed by atoms with Gasteiger partial charge >= 0.3 is 0 Å². The van der Waals surface area contributed by atoms with E-state index < -0.39 is 0 Å². The fourth-order valence-electron chi connectivity index (χ4n) is 3.17. The molecule has 20 heavy (non-hydrogen) atoms. The van der Waals surface area contributed by atoms with Crippen LogP contribution in [0.2, 0.25) is 0 Å². The van der Waals surface area contributed by atoms with Gasteiger partial charge in [-0.05, 0) is 32.3 Å². The molecular formula is C16H22N2O2. The molecule has 3 unspecified atom stereocenters. The zero-order valence-electron chi connectivity index (χ0n) is 12.1. The summed E-state index contributed by atoms with van der Waals surface area (Å²) < 4.78 is 5.56. The summed E-state index contributed by atoms with van der Waals surface area (Å²) in [6.45, 7) is 5.49. The van der Waals surface area contributed by atoms with Gasteiger partial charge in [0.05, 0.1) is 18.7 Å². The van der Waals surface area contributed by atoms with E-state index in [1.54, 1.807) is 0 Å². The Kier molecular flexibility index (Phi) is 3.76. The summed E-state index contributed by atoms with van der Waals surface area (Å²) in [4.78, 5) is 14.5. The summed E-state index contributed by atoms with van der Waals surface area (Å²) in [5.74, 6) is 0.187.